The summed E-state index contributed by atoms with van der Waals surface area (Å²) in [6.07, 6.45) is 0. The smallest absolute Gasteiger partial charge is 0.161 e. The van der Waals surface area contributed by atoms with E-state index in [0.717, 1.165) is 11.3 Å². The minimum Gasteiger partial charge on any atom is -0.485 e. The van der Waals surface area contributed by atoms with Gasteiger partial charge < -0.3 is 10.1 Å². The molecular weight excluding hydrogens is 234 g/mol. The highest BCUT2D eigenvalue weighted by Crippen LogP contribution is 2.33. The summed E-state index contributed by atoms with van der Waals surface area (Å²) in [5.41, 5.74) is 2.02. The normalized spacial score (nSPS) is 10.0. The second-order valence-electron chi connectivity index (χ2n) is 3.64. The average Bonchev–Trinajstić information content (AvgIpc) is 2.38. The summed E-state index contributed by atoms with van der Waals surface area (Å²) >= 11 is 6.11. The first-order chi connectivity index (χ1) is 8.31. The number of halogens is 1. The zero-order valence-corrected chi connectivity index (χ0v) is 10.4. The van der Waals surface area contributed by atoms with Crippen LogP contribution in [0.5, 0.6) is 5.75 Å². The van der Waals surface area contributed by atoms with Gasteiger partial charge in [-0.1, -0.05) is 48.0 Å². The lowest BCUT2D eigenvalue weighted by atomic mass is 10.2. The third-order valence-corrected chi connectivity index (χ3v) is 2.76. The molecular formula is C14H14ClNO. The van der Waals surface area contributed by atoms with Gasteiger partial charge in [-0.3, -0.25) is 0 Å². The fourth-order valence-corrected chi connectivity index (χ4v) is 1.81. The van der Waals surface area contributed by atoms with E-state index in [1.165, 1.54) is 0 Å². The highest BCUT2D eigenvalue weighted by molar-refractivity contribution is 6.32. The molecule has 2 aromatic rings. The molecule has 0 radical (unpaired) electrons. The Morgan fingerprint density at radius 2 is 1.82 bits per heavy atom. The van der Waals surface area contributed by atoms with Crippen molar-refractivity contribution in [2.75, 3.05) is 12.4 Å². The van der Waals surface area contributed by atoms with Crippen molar-refractivity contribution in [3.8, 4) is 5.75 Å². The molecule has 0 heterocycles. The summed E-state index contributed by atoms with van der Waals surface area (Å²) in [4.78, 5) is 0. The van der Waals surface area contributed by atoms with Crippen molar-refractivity contribution in [3.63, 3.8) is 0 Å². The van der Waals surface area contributed by atoms with Gasteiger partial charge in [-0.25, -0.2) is 0 Å². The molecule has 0 saturated carbocycles. The quantitative estimate of drug-likeness (QED) is 0.883. The molecule has 2 aromatic carbocycles. The molecule has 0 fully saturated rings. The van der Waals surface area contributed by atoms with Gasteiger partial charge in [0.05, 0.1) is 10.7 Å². The monoisotopic (exact) mass is 247 g/mol. The SMILES string of the molecule is CNc1cccc(Cl)c1OCc1ccccc1. The Morgan fingerprint density at radius 3 is 2.53 bits per heavy atom. The molecule has 0 amide bonds. The number of para-hydroxylation sites is 1. The van der Waals surface area contributed by atoms with E-state index in [1.54, 1.807) is 0 Å². The maximum Gasteiger partial charge on any atom is 0.161 e. The van der Waals surface area contributed by atoms with Gasteiger partial charge >= 0.3 is 0 Å². The Balaban J connectivity index is 2.14. The van der Waals surface area contributed by atoms with Crippen LogP contribution in [-0.2, 0) is 6.61 Å². The molecule has 0 saturated heterocycles. The van der Waals surface area contributed by atoms with E-state index >= 15 is 0 Å². The van der Waals surface area contributed by atoms with Crippen LogP contribution in [0.3, 0.4) is 0 Å². The zero-order valence-electron chi connectivity index (χ0n) is 9.61. The number of rotatable bonds is 4. The number of hydrogen-bond donors (Lipinski definition) is 1. The fraction of sp³-hybridized carbons (Fsp3) is 0.143. The summed E-state index contributed by atoms with van der Waals surface area (Å²) in [6.45, 7) is 0.513. The van der Waals surface area contributed by atoms with Crippen LogP contribution in [-0.4, -0.2) is 7.05 Å². The Bertz CT molecular complexity index is 485. The van der Waals surface area contributed by atoms with E-state index in [0.29, 0.717) is 17.4 Å². The Morgan fingerprint density at radius 1 is 1.06 bits per heavy atom. The maximum atomic E-state index is 6.11. The second kappa shape index (κ2) is 5.60. The van der Waals surface area contributed by atoms with Crippen molar-refractivity contribution in [1.82, 2.24) is 0 Å². The van der Waals surface area contributed by atoms with Gasteiger partial charge in [-0.15, -0.1) is 0 Å². The molecule has 2 nitrogen and oxygen atoms in total. The largest absolute Gasteiger partial charge is 0.485 e. The van der Waals surface area contributed by atoms with Crippen molar-refractivity contribution in [3.05, 3.63) is 59.1 Å². The van der Waals surface area contributed by atoms with Gasteiger partial charge in [0.2, 0.25) is 0 Å². The third-order valence-electron chi connectivity index (χ3n) is 2.46. The molecule has 17 heavy (non-hydrogen) atoms. The van der Waals surface area contributed by atoms with Crippen LogP contribution in [0, 0.1) is 0 Å². The molecule has 1 N–H and O–H groups in total. The zero-order chi connectivity index (χ0) is 12.1. The molecule has 0 atom stereocenters. The summed E-state index contributed by atoms with van der Waals surface area (Å²) in [5, 5.41) is 3.68. The minimum absolute atomic E-state index is 0.513. The van der Waals surface area contributed by atoms with E-state index in [9.17, 15) is 0 Å². The van der Waals surface area contributed by atoms with Crippen molar-refractivity contribution in [2.45, 2.75) is 6.61 Å². The predicted octanol–water partition coefficient (Wildman–Crippen LogP) is 3.96. The van der Waals surface area contributed by atoms with Gasteiger partial charge in [-0.05, 0) is 17.7 Å². The van der Waals surface area contributed by atoms with E-state index in [-0.39, 0.29) is 0 Å². The van der Waals surface area contributed by atoms with E-state index in [2.05, 4.69) is 5.32 Å². The summed E-state index contributed by atoms with van der Waals surface area (Å²) < 4.78 is 5.75. The molecule has 2 rings (SSSR count). The fourth-order valence-electron chi connectivity index (χ4n) is 1.58. The average molecular weight is 248 g/mol. The van der Waals surface area contributed by atoms with Crippen LogP contribution >= 0.6 is 11.6 Å². The lowest BCUT2D eigenvalue weighted by Gasteiger charge is -2.12. The van der Waals surface area contributed by atoms with Crippen molar-refractivity contribution < 1.29 is 4.74 Å². The van der Waals surface area contributed by atoms with Crippen LogP contribution in [0.4, 0.5) is 5.69 Å². The Hall–Kier alpha value is -1.67. The predicted molar refractivity (Wildman–Crippen MR) is 71.8 cm³/mol. The molecule has 0 bridgehead atoms. The number of ether oxygens (including phenoxy) is 1. The van der Waals surface area contributed by atoms with Crippen LogP contribution < -0.4 is 10.1 Å². The standard InChI is InChI=1S/C14H14ClNO/c1-16-13-9-5-8-12(15)14(13)17-10-11-6-3-2-4-7-11/h2-9,16H,10H2,1H3. The minimum atomic E-state index is 0.513. The van der Waals surface area contributed by atoms with Crippen LogP contribution in [0.25, 0.3) is 0 Å². The third kappa shape index (κ3) is 2.92. The number of anilines is 1. The van der Waals surface area contributed by atoms with E-state index in [1.807, 2.05) is 55.6 Å². The van der Waals surface area contributed by atoms with Crippen molar-refractivity contribution >= 4 is 17.3 Å². The van der Waals surface area contributed by atoms with Crippen molar-refractivity contribution in [2.24, 2.45) is 0 Å². The van der Waals surface area contributed by atoms with Crippen LogP contribution in [0.2, 0.25) is 5.02 Å². The molecule has 3 heteroatoms. The first kappa shape index (κ1) is 11.8. The topological polar surface area (TPSA) is 21.3 Å². The molecule has 0 aliphatic heterocycles. The van der Waals surface area contributed by atoms with Gasteiger partial charge in [0, 0.05) is 7.05 Å². The van der Waals surface area contributed by atoms with Gasteiger partial charge in [0.25, 0.3) is 0 Å². The molecule has 0 aliphatic carbocycles. The summed E-state index contributed by atoms with van der Waals surface area (Å²) in [7, 11) is 1.85. The summed E-state index contributed by atoms with van der Waals surface area (Å²) in [5.74, 6) is 0.695. The molecule has 0 spiro atoms. The van der Waals surface area contributed by atoms with Gasteiger partial charge in [-0.2, -0.15) is 0 Å². The Kier molecular flexibility index (Phi) is 3.89. The number of hydrogen-bond acceptors (Lipinski definition) is 2. The van der Waals surface area contributed by atoms with Crippen LogP contribution in [0.15, 0.2) is 48.5 Å². The van der Waals surface area contributed by atoms with E-state index in [4.69, 9.17) is 16.3 Å². The maximum absolute atomic E-state index is 6.11. The Labute approximate surface area is 106 Å². The van der Waals surface area contributed by atoms with Crippen molar-refractivity contribution in [1.29, 1.82) is 0 Å². The highest BCUT2D eigenvalue weighted by Gasteiger charge is 2.06. The van der Waals surface area contributed by atoms with E-state index < -0.39 is 0 Å². The van der Waals surface area contributed by atoms with Gasteiger partial charge in [0.15, 0.2) is 5.75 Å². The molecule has 0 unspecified atom stereocenters. The number of benzene rings is 2. The number of nitrogens with one attached hydrogen (secondary N) is 1. The van der Waals surface area contributed by atoms with Gasteiger partial charge in [0.1, 0.15) is 6.61 Å². The molecule has 0 aliphatic rings. The summed E-state index contributed by atoms with van der Waals surface area (Å²) in [6, 6.07) is 15.7. The lowest BCUT2D eigenvalue weighted by molar-refractivity contribution is 0.308. The first-order valence-electron chi connectivity index (χ1n) is 5.44. The second-order valence-corrected chi connectivity index (χ2v) is 4.05. The molecule has 88 valence electrons. The lowest BCUT2D eigenvalue weighted by Crippen LogP contribution is -1.99. The highest BCUT2D eigenvalue weighted by atomic mass is 35.5. The first-order valence-corrected chi connectivity index (χ1v) is 5.82. The van der Waals surface area contributed by atoms with Crippen LogP contribution in [0.1, 0.15) is 5.56 Å². The molecule has 0 aromatic heterocycles.